The summed E-state index contributed by atoms with van der Waals surface area (Å²) >= 11 is 0. The maximum atomic E-state index is 13.7. The van der Waals surface area contributed by atoms with Gasteiger partial charge in [-0.3, -0.25) is 5.32 Å². The van der Waals surface area contributed by atoms with Gasteiger partial charge in [-0.25, -0.2) is 8.78 Å². The van der Waals surface area contributed by atoms with Crippen LogP contribution in [0.4, 0.5) is 8.78 Å². The van der Waals surface area contributed by atoms with Crippen LogP contribution in [-0.4, -0.2) is 7.11 Å². The zero-order valence-corrected chi connectivity index (χ0v) is 11.4. The minimum absolute atomic E-state index is 0.119. The minimum Gasteiger partial charge on any atom is -0.496 e. The Kier molecular flexibility index (Phi) is 4.85. The van der Waals surface area contributed by atoms with E-state index in [1.54, 1.807) is 13.2 Å². The largest absolute Gasteiger partial charge is 0.496 e. The average Bonchev–Trinajstić information content (AvgIpc) is 2.50. The van der Waals surface area contributed by atoms with Gasteiger partial charge < -0.3 is 4.74 Å². The maximum absolute atomic E-state index is 13.7. The van der Waals surface area contributed by atoms with Crippen molar-refractivity contribution >= 4 is 0 Å². The first-order valence-corrected chi connectivity index (χ1v) is 6.35. The fourth-order valence-corrected chi connectivity index (χ4v) is 2.02. The Hall–Kier alpha value is -2.45. The smallest absolute Gasteiger partial charge is 0.131 e. The quantitative estimate of drug-likeness (QED) is 0.918. The van der Waals surface area contributed by atoms with Crippen LogP contribution < -0.4 is 10.1 Å². The van der Waals surface area contributed by atoms with Gasteiger partial charge in [0.25, 0.3) is 0 Å². The molecule has 0 saturated carbocycles. The second-order valence-corrected chi connectivity index (χ2v) is 4.42. The van der Waals surface area contributed by atoms with E-state index in [0.717, 1.165) is 17.7 Å². The first-order valence-electron chi connectivity index (χ1n) is 6.35. The number of hydrogen-bond acceptors (Lipinski definition) is 3. The predicted molar refractivity (Wildman–Crippen MR) is 74.5 cm³/mol. The first-order chi connectivity index (χ1) is 10.2. The van der Waals surface area contributed by atoms with Gasteiger partial charge in [-0.15, -0.1) is 0 Å². The van der Waals surface area contributed by atoms with Gasteiger partial charge in [0, 0.05) is 23.7 Å². The molecule has 2 aromatic rings. The van der Waals surface area contributed by atoms with E-state index in [-0.39, 0.29) is 5.56 Å². The van der Waals surface area contributed by atoms with E-state index in [4.69, 9.17) is 4.74 Å². The molecule has 0 amide bonds. The monoisotopic (exact) mass is 288 g/mol. The molecule has 0 aliphatic heterocycles. The highest BCUT2D eigenvalue weighted by Crippen LogP contribution is 2.21. The van der Waals surface area contributed by atoms with Gasteiger partial charge >= 0.3 is 0 Å². The van der Waals surface area contributed by atoms with Crippen molar-refractivity contribution in [2.75, 3.05) is 7.11 Å². The Morgan fingerprint density at radius 3 is 2.67 bits per heavy atom. The van der Waals surface area contributed by atoms with Crippen LogP contribution in [0, 0.1) is 23.0 Å². The van der Waals surface area contributed by atoms with Crippen molar-refractivity contribution in [3.8, 4) is 11.8 Å². The van der Waals surface area contributed by atoms with Crippen molar-refractivity contribution in [2.45, 2.75) is 12.6 Å². The number of ether oxygens (including phenoxy) is 1. The fourth-order valence-electron chi connectivity index (χ4n) is 2.02. The third-order valence-electron chi connectivity index (χ3n) is 3.09. The summed E-state index contributed by atoms with van der Waals surface area (Å²) in [7, 11) is 1.56. The summed E-state index contributed by atoms with van der Waals surface area (Å²) in [6, 6.07) is 11.6. The van der Waals surface area contributed by atoms with Crippen LogP contribution in [-0.2, 0) is 6.54 Å². The van der Waals surface area contributed by atoms with Crippen LogP contribution in [0.2, 0.25) is 0 Å². The van der Waals surface area contributed by atoms with Crippen molar-refractivity contribution in [1.82, 2.24) is 5.32 Å². The first kappa shape index (κ1) is 14.9. The Morgan fingerprint density at radius 1 is 1.24 bits per heavy atom. The van der Waals surface area contributed by atoms with Gasteiger partial charge in [0.15, 0.2) is 0 Å². The van der Waals surface area contributed by atoms with Crippen LogP contribution in [0.25, 0.3) is 0 Å². The van der Waals surface area contributed by atoms with Gasteiger partial charge in [0.05, 0.1) is 13.2 Å². The summed E-state index contributed by atoms with van der Waals surface area (Å²) < 4.78 is 31.8. The number of hydrogen-bond donors (Lipinski definition) is 1. The SMILES string of the molecule is COc1ccccc1CNC(C#N)c1ccc(F)cc1F. The molecular formula is C16H14F2N2O. The molecule has 1 unspecified atom stereocenters. The van der Waals surface area contributed by atoms with Crippen LogP contribution in [0.3, 0.4) is 0 Å². The molecule has 0 aliphatic carbocycles. The molecule has 1 atom stereocenters. The van der Waals surface area contributed by atoms with Crippen LogP contribution >= 0.6 is 0 Å². The molecule has 2 aromatic carbocycles. The van der Waals surface area contributed by atoms with E-state index in [9.17, 15) is 14.0 Å². The zero-order valence-electron chi connectivity index (χ0n) is 11.4. The molecule has 0 heterocycles. The van der Waals surface area contributed by atoms with Gasteiger partial charge in [-0.2, -0.15) is 5.26 Å². The lowest BCUT2D eigenvalue weighted by Gasteiger charge is -2.14. The van der Waals surface area contributed by atoms with Crippen molar-refractivity contribution in [3.63, 3.8) is 0 Å². The van der Waals surface area contributed by atoms with E-state index in [1.165, 1.54) is 6.07 Å². The highest BCUT2D eigenvalue weighted by Gasteiger charge is 2.16. The summed E-state index contributed by atoms with van der Waals surface area (Å²) in [4.78, 5) is 0. The van der Waals surface area contributed by atoms with Crippen molar-refractivity contribution in [2.24, 2.45) is 0 Å². The number of nitrogens with one attached hydrogen (secondary N) is 1. The summed E-state index contributed by atoms with van der Waals surface area (Å²) in [5, 5.41) is 12.1. The molecule has 21 heavy (non-hydrogen) atoms. The second kappa shape index (κ2) is 6.82. The lowest BCUT2D eigenvalue weighted by molar-refractivity contribution is 0.406. The summed E-state index contributed by atoms with van der Waals surface area (Å²) in [5.41, 5.74) is 0.969. The van der Waals surface area contributed by atoms with Gasteiger partial charge in [0.1, 0.15) is 23.4 Å². The van der Waals surface area contributed by atoms with Crippen LogP contribution in [0.1, 0.15) is 17.2 Å². The molecule has 0 bridgehead atoms. The normalized spacial score (nSPS) is 11.7. The molecule has 0 aliphatic rings. The molecule has 2 rings (SSSR count). The molecule has 0 aromatic heterocycles. The predicted octanol–water partition coefficient (Wildman–Crippen LogP) is 3.33. The summed E-state index contributed by atoms with van der Waals surface area (Å²) in [6.45, 7) is 0.332. The highest BCUT2D eigenvalue weighted by atomic mass is 19.1. The van der Waals surface area contributed by atoms with Crippen molar-refractivity contribution < 1.29 is 13.5 Å². The maximum Gasteiger partial charge on any atom is 0.131 e. The molecule has 108 valence electrons. The molecule has 0 radical (unpaired) electrons. The lowest BCUT2D eigenvalue weighted by atomic mass is 10.1. The van der Waals surface area contributed by atoms with E-state index in [0.29, 0.717) is 12.3 Å². The Labute approximate surface area is 121 Å². The van der Waals surface area contributed by atoms with Crippen molar-refractivity contribution in [3.05, 3.63) is 65.2 Å². The van der Waals surface area contributed by atoms with E-state index in [1.807, 2.05) is 24.3 Å². The number of nitriles is 1. The Balaban J connectivity index is 2.15. The highest BCUT2D eigenvalue weighted by molar-refractivity contribution is 5.34. The number of halogens is 2. The van der Waals surface area contributed by atoms with E-state index in [2.05, 4.69) is 5.32 Å². The number of benzene rings is 2. The lowest BCUT2D eigenvalue weighted by Crippen LogP contribution is -2.21. The van der Waals surface area contributed by atoms with E-state index < -0.39 is 17.7 Å². The van der Waals surface area contributed by atoms with Gasteiger partial charge in [0.2, 0.25) is 0 Å². The molecule has 3 nitrogen and oxygen atoms in total. The summed E-state index contributed by atoms with van der Waals surface area (Å²) in [6.07, 6.45) is 0. The third-order valence-corrected chi connectivity index (χ3v) is 3.09. The number of rotatable bonds is 5. The molecule has 0 spiro atoms. The van der Waals surface area contributed by atoms with Crippen LogP contribution in [0.15, 0.2) is 42.5 Å². The molecule has 1 N–H and O–H groups in total. The summed E-state index contributed by atoms with van der Waals surface area (Å²) in [5.74, 6) is -0.729. The van der Waals surface area contributed by atoms with E-state index >= 15 is 0 Å². The van der Waals surface area contributed by atoms with Gasteiger partial charge in [-0.1, -0.05) is 24.3 Å². The molecular weight excluding hydrogens is 274 g/mol. The van der Waals surface area contributed by atoms with Crippen LogP contribution in [0.5, 0.6) is 5.75 Å². The van der Waals surface area contributed by atoms with Crippen molar-refractivity contribution in [1.29, 1.82) is 5.26 Å². The number of nitrogens with zero attached hydrogens (tertiary/aromatic N) is 1. The number of para-hydroxylation sites is 1. The Bertz CT molecular complexity index is 668. The standard InChI is InChI=1S/C16H14F2N2O/c1-21-16-5-3-2-4-11(16)10-20-15(9-19)13-7-6-12(17)8-14(13)18/h2-8,15,20H,10H2,1H3. The second-order valence-electron chi connectivity index (χ2n) is 4.42. The topological polar surface area (TPSA) is 45.0 Å². The molecule has 5 heteroatoms. The van der Waals surface area contributed by atoms with Gasteiger partial charge in [-0.05, 0) is 12.1 Å². The molecule has 0 fully saturated rings. The third kappa shape index (κ3) is 3.56. The number of methoxy groups -OCH3 is 1. The Morgan fingerprint density at radius 2 is 2.00 bits per heavy atom. The average molecular weight is 288 g/mol. The fraction of sp³-hybridized carbons (Fsp3) is 0.188. The molecule has 0 saturated heterocycles. The zero-order chi connectivity index (χ0) is 15.2. The minimum atomic E-state index is -0.865.